The Bertz CT molecular complexity index is 1370. The van der Waals surface area contributed by atoms with Crippen LogP contribution in [0, 0.1) is 0 Å². The van der Waals surface area contributed by atoms with E-state index in [-0.39, 0.29) is 11.0 Å². The maximum absolute atomic E-state index is 12.3. The van der Waals surface area contributed by atoms with Crippen molar-refractivity contribution in [1.29, 1.82) is 0 Å². The molecule has 0 saturated carbocycles. The van der Waals surface area contributed by atoms with E-state index in [2.05, 4.69) is 15.5 Å². The van der Waals surface area contributed by atoms with Crippen molar-refractivity contribution in [2.45, 2.75) is 6.92 Å². The number of hydrogen-bond donors (Lipinski definition) is 2. The first-order valence-corrected chi connectivity index (χ1v) is 12.9. The molecule has 0 radical (unpaired) electrons. The molecule has 1 aliphatic heterocycles. The minimum absolute atomic E-state index is 0.0764. The van der Waals surface area contributed by atoms with Crippen LogP contribution in [0.5, 0.6) is 0 Å². The van der Waals surface area contributed by atoms with Crippen LogP contribution < -0.4 is 15.5 Å². The molecule has 2 heterocycles. The molecule has 37 heavy (non-hydrogen) atoms. The van der Waals surface area contributed by atoms with E-state index >= 15 is 0 Å². The van der Waals surface area contributed by atoms with Crippen LogP contribution in [0.25, 0.3) is 17.4 Å². The first-order chi connectivity index (χ1) is 17.7. The fourth-order valence-electron chi connectivity index (χ4n) is 3.85. The number of hydrogen-bond acceptors (Lipinski definition) is 5. The van der Waals surface area contributed by atoms with Crippen molar-refractivity contribution < 1.29 is 14.0 Å². The van der Waals surface area contributed by atoms with Gasteiger partial charge in [-0.1, -0.05) is 34.8 Å². The van der Waals surface area contributed by atoms with Gasteiger partial charge in [0.2, 0.25) is 11.8 Å². The number of rotatable bonds is 5. The zero-order valence-electron chi connectivity index (χ0n) is 19.8. The van der Waals surface area contributed by atoms with Crippen molar-refractivity contribution in [1.82, 2.24) is 10.2 Å². The summed E-state index contributed by atoms with van der Waals surface area (Å²) in [6, 6.07) is 14.1. The predicted molar refractivity (Wildman–Crippen MR) is 153 cm³/mol. The maximum Gasteiger partial charge on any atom is 0.250 e. The average molecular weight is 578 g/mol. The quantitative estimate of drug-likeness (QED) is 0.282. The van der Waals surface area contributed by atoms with Gasteiger partial charge in [0.25, 0.3) is 0 Å². The predicted octanol–water partition coefficient (Wildman–Crippen LogP) is 6.10. The molecule has 192 valence electrons. The molecule has 1 fully saturated rings. The number of furan rings is 1. The number of nitrogens with zero attached hydrogens (tertiary/aromatic N) is 2. The molecule has 11 heteroatoms. The maximum atomic E-state index is 12.3. The number of piperazine rings is 1. The summed E-state index contributed by atoms with van der Waals surface area (Å²) in [6.07, 6.45) is 2.85. The third-order valence-corrected chi connectivity index (χ3v) is 6.78. The Kier molecular flexibility index (Phi) is 8.76. The summed E-state index contributed by atoms with van der Waals surface area (Å²) in [6.45, 7) is 4.30. The summed E-state index contributed by atoms with van der Waals surface area (Å²) in [7, 11) is 0. The van der Waals surface area contributed by atoms with E-state index in [4.69, 9.17) is 51.4 Å². The number of thiocarbonyl (C=S) groups is 1. The Balaban J connectivity index is 1.30. The highest BCUT2D eigenvalue weighted by atomic mass is 35.5. The molecule has 0 unspecified atom stereocenters. The Morgan fingerprint density at radius 1 is 0.973 bits per heavy atom. The summed E-state index contributed by atoms with van der Waals surface area (Å²) in [5.74, 6) is 0.681. The average Bonchev–Trinajstić information content (AvgIpc) is 3.31. The summed E-state index contributed by atoms with van der Waals surface area (Å²) in [5.41, 5.74) is 2.22. The second-order valence-corrected chi connectivity index (χ2v) is 9.92. The fourth-order valence-corrected chi connectivity index (χ4v) is 4.87. The van der Waals surface area contributed by atoms with Crippen LogP contribution in [-0.4, -0.2) is 48.0 Å². The molecule has 2 N–H and O–H groups in total. The van der Waals surface area contributed by atoms with Crippen LogP contribution in [0.15, 0.2) is 59.0 Å². The highest BCUT2D eigenvalue weighted by Gasteiger charge is 2.20. The summed E-state index contributed by atoms with van der Waals surface area (Å²) >= 11 is 23.9. The Hall–Kier alpha value is -3.04. The Labute approximate surface area is 235 Å². The minimum Gasteiger partial charge on any atom is -0.457 e. The smallest absolute Gasteiger partial charge is 0.250 e. The van der Waals surface area contributed by atoms with Crippen LogP contribution >= 0.6 is 47.0 Å². The van der Waals surface area contributed by atoms with E-state index < -0.39 is 5.91 Å². The molecule has 1 aromatic heterocycles. The number of benzene rings is 2. The van der Waals surface area contributed by atoms with E-state index in [1.165, 1.54) is 12.2 Å². The van der Waals surface area contributed by atoms with E-state index in [1.807, 2.05) is 17.0 Å². The fraction of sp³-hybridized carbons (Fsp3) is 0.192. The first-order valence-electron chi connectivity index (χ1n) is 11.3. The van der Waals surface area contributed by atoms with Gasteiger partial charge in [0.15, 0.2) is 5.11 Å². The van der Waals surface area contributed by atoms with Gasteiger partial charge in [0, 0.05) is 55.5 Å². The van der Waals surface area contributed by atoms with Gasteiger partial charge in [0.05, 0.1) is 15.7 Å². The third kappa shape index (κ3) is 7.05. The van der Waals surface area contributed by atoms with Crippen molar-refractivity contribution in [2.24, 2.45) is 0 Å². The molecule has 0 atom stereocenters. The Morgan fingerprint density at radius 2 is 1.73 bits per heavy atom. The molecule has 7 nitrogen and oxygen atoms in total. The number of amides is 2. The van der Waals surface area contributed by atoms with E-state index in [9.17, 15) is 9.59 Å². The summed E-state index contributed by atoms with van der Waals surface area (Å²) < 4.78 is 5.75. The summed E-state index contributed by atoms with van der Waals surface area (Å²) in [4.78, 5) is 27.8. The number of nitrogens with one attached hydrogen (secondary N) is 2. The molecule has 4 rings (SSSR count). The van der Waals surface area contributed by atoms with Crippen molar-refractivity contribution in [2.75, 3.05) is 36.4 Å². The molecule has 0 spiro atoms. The van der Waals surface area contributed by atoms with E-state index in [0.29, 0.717) is 64.0 Å². The van der Waals surface area contributed by atoms with E-state index in [1.54, 1.807) is 43.3 Å². The van der Waals surface area contributed by atoms with Gasteiger partial charge in [0.1, 0.15) is 11.5 Å². The van der Waals surface area contributed by atoms with Crippen molar-refractivity contribution >= 4 is 81.4 Å². The molecule has 1 aliphatic rings. The second-order valence-electron chi connectivity index (χ2n) is 8.26. The molecule has 0 aliphatic carbocycles. The SMILES string of the molecule is CC(=O)N1CCN(c2ccc(NC(=S)NC(=O)/C=C/c3ccc(-c4ccc(Cl)cc4Cl)o3)cc2Cl)CC1. The van der Waals surface area contributed by atoms with Crippen molar-refractivity contribution in [3.63, 3.8) is 0 Å². The lowest BCUT2D eigenvalue weighted by molar-refractivity contribution is -0.129. The van der Waals surface area contributed by atoms with Gasteiger partial charge < -0.3 is 19.5 Å². The topological polar surface area (TPSA) is 77.8 Å². The zero-order valence-corrected chi connectivity index (χ0v) is 22.8. The Morgan fingerprint density at radius 3 is 2.41 bits per heavy atom. The molecule has 2 aromatic carbocycles. The van der Waals surface area contributed by atoms with Gasteiger partial charge >= 0.3 is 0 Å². The van der Waals surface area contributed by atoms with Crippen LogP contribution in [0.1, 0.15) is 12.7 Å². The molecule has 0 bridgehead atoms. The monoisotopic (exact) mass is 576 g/mol. The third-order valence-electron chi connectivity index (χ3n) is 5.73. The number of halogens is 3. The van der Waals surface area contributed by atoms with Gasteiger partial charge in [-0.15, -0.1) is 0 Å². The standard InChI is InChI=1S/C26H23Cl3N4O3S/c1-16(34)32-10-12-33(13-11-32)23-7-3-18(15-22(23)29)30-26(37)31-25(35)9-5-19-4-8-24(36-19)20-6-2-17(27)14-21(20)28/h2-9,14-15H,10-13H2,1H3,(H2,30,31,35,37)/b9-5+. The van der Waals surface area contributed by atoms with Crippen LogP contribution in [-0.2, 0) is 9.59 Å². The van der Waals surface area contributed by atoms with Crippen LogP contribution in [0.4, 0.5) is 11.4 Å². The zero-order chi connectivity index (χ0) is 26.5. The van der Waals surface area contributed by atoms with Crippen LogP contribution in [0.3, 0.4) is 0 Å². The first kappa shape index (κ1) is 27.0. The van der Waals surface area contributed by atoms with Gasteiger partial charge in [-0.25, -0.2) is 0 Å². The molecule has 2 amide bonds. The lowest BCUT2D eigenvalue weighted by Crippen LogP contribution is -2.48. The number of carbonyl (C=O) groups is 2. The largest absolute Gasteiger partial charge is 0.457 e. The highest BCUT2D eigenvalue weighted by Crippen LogP contribution is 2.32. The highest BCUT2D eigenvalue weighted by molar-refractivity contribution is 7.80. The van der Waals surface area contributed by atoms with Crippen LogP contribution in [0.2, 0.25) is 15.1 Å². The van der Waals surface area contributed by atoms with Crippen molar-refractivity contribution in [3.8, 4) is 11.3 Å². The lowest BCUT2D eigenvalue weighted by atomic mass is 10.2. The van der Waals surface area contributed by atoms with Gasteiger partial charge in [-0.05, 0) is 66.8 Å². The molecular weight excluding hydrogens is 555 g/mol. The normalized spacial score (nSPS) is 13.6. The van der Waals surface area contributed by atoms with E-state index in [0.717, 1.165) is 5.69 Å². The summed E-state index contributed by atoms with van der Waals surface area (Å²) in [5, 5.41) is 7.22. The van der Waals surface area contributed by atoms with Gasteiger partial charge in [-0.3, -0.25) is 14.9 Å². The van der Waals surface area contributed by atoms with Crippen molar-refractivity contribution in [3.05, 3.63) is 75.4 Å². The number of anilines is 2. The van der Waals surface area contributed by atoms with Gasteiger partial charge in [-0.2, -0.15) is 0 Å². The lowest BCUT2D eigenvalue weighted by Gasteiger charge is -2.36. The molecule has 3 aromatic rings. The molecular formula is C26H23Cl3N4O3S. The number of carbonyl (C=O) groups excluding carboxylic acids is 2. The second kappa shape index (κ2) is 12.0. The molecule has 1 saturated heterocycles. The minimum atomic E-state index is -0.425.